The standard InChI is InChI=1S/C14H12F3N5O7S.C13H16O5/c1-28-8-5-9(29-2)20-12(19-8)21-13(25)22-30(26,27)10-6(11(23)24)3-4-7(18-10)14(15,16)17;1-2-18-13(17)8-5-9(14)11(10(15)6-8)12(16)7-3-4-7/h3-5H,1-2H3,(H,23,24)(H2,19,20,21,22,25);7-8,16H,2-6H2,1H3. The van der Waals surface area contributed by atoms with E-state index in [2.05, 4.69) is 15.0 Å². The van der Waals surface area contributed by atoms with E-state index >= 15 is 0 Å². The molecule has 48 heavy (non-hydrogen) atoms. The number of aliphatic hydroxyl groups is 1. The average Bonchev–Trinajstić information content (AvgIpc) is 3.85. The number of carbonyl (C=O) groups excluding carboxylic acids is 4. The monoisotopic (exact) mass is 703 g/mol. The van der Waals surface area contributed by atoms with Gasteiger partial charge in [0.15, 0.2) is 16.6 Å². The quantitative estimate of drug-likeness (QED) is 0.127. The number of methoxy groups -OCH3 is 2. The van der Waals surface area contributed by atoms with E-state index in [1.54, 1.807) is 6.92 Å². The molecule has 4 rings (SSSR count). The maximum absolute atomic E-state index is 12.8. The van der Waals surface area contributed by atoms with Crippen LogP contribution in [0.3, 0.4) is 0 Å². The van der Waals surface area contributed by atoms with Crippen molar-refractivity contribution in [2.24, 2.45) is 11.8 Å². The number of halogens is 3. The first-order valence-corrected chi connectivity index (χ1v) is 15.2. The summed E-state index contributed by atoms with van der Waals surface area (Å²) in [5, 5.41) is 19.2. The molecule has 2 amide bonds. The van der Waals surface area contributed by atoms with E-state index in [0.717, 1.165) is 12.8 Å². The molecule has 0 bridgehead atoms. The lowest BCUT2D eigenvalue weighted by atomic mass is 9.82. The summed E-state index contributed by atoms with van der Waals surface area (Å²) in [6.07, 6.45) is -3.52. The Morgan fingerprint density at radius 3 is 1.98 bits per heavy atom. The first kappa shape index (κ1) is 37.1. The molecule has 0 radical (unpaired) electrons. The third-order valence-electron chi connectivity index (χ3n) is 6.45. The van der Waals surface area contributed by atoms with Crippen molar-refractivity contribution < 1.29 is 70.0 Å². The Labute approximate surface area is 269 Å². The topological polar surface area (TPSA) is 250 Å². The number of alkyl halides is 3. The zero-order valence-corrected chi connectivity index (χ0v) is 26.1. The van der Waals surface area contributed by atoms with Gasteiger partial charge in [-0.25, -0.2) is 19.3 Å². The van der Waals surface area contributed by atoms with Crippen LogP contribution in [0.25, 0.3) is 0 Å². The highest BCUT2D eigenvalue weighted by molar-refractivity contribution is 7.90. The molecule has 0 spiro atoms. The number of anilines is 1. The number of aromatic carboxylic acids is 1. The zero-order chi connectivity index (χ0) is 36.0. The van der Waals surface area contributed by atoms with Gasteiger partial charge in [0.05, 0.1) is 43.9 Å². The number of hydrogen-bond donors (Lipinski definition) is 4. The van der Waals surface area contributed by atoms with Crippen LogP contribution in [0.1, 0.15) is 48.7 Å². The minimum atomic E-state index is -5.14. The number of ketones is 2. The predicted octanol–water partition coefficient (Wildman–Crippen LogP) is 2.44. The molecular weight excluding hydrogens is 675 g/mol. The van der Waals surface area contributed by atoms with E-state index in [1.165, 1.54) is 25.0 Å². The summed E-state index contributed by atoms with van der Waals surface area (Å²) >= 11 is 0. The van der Waals surface area contributed by atoms with E-state index in [0.29, 0.717) is 12.1 Å². The van der Waals surface area contributed by atoms with Crippen molar-refractivity contribution in [3.8, 4) is 11.8 Å². The van der Waals surface area contributed by atoms with Crippen molar-refractivity contribution in [3.63, 3.8) is 0 Å². The van der Waals surface area contributed by atoms with Gasteiger partial charge in [0.2, 0.25) is 17.7 Å². The zero-order valence-electron chi connectivity index (χ0n) is 25.3. The van der Waals surface area contributed by atoms with Gasteiger partial charge in [-0.2, -0.15) is 31.6 Å². The van der Waals surface area contributed by atoms with Gasteiger partial charge in [-0.3, -0.25) is 19.7 Å². The van der Waals surface area contributed by atoms with Gasteiger partial charge in [0.1, 0.15) is 11.5 Å². The Morgan fingerprint density at radius 2 is 1.52 bits per heavy atom. The number of carboxylic acid groups (broad SMARTS) is 1. The molecule has 2 aromatic heterocycles. The Morgan fingerprint density at radius 1 is 0.958 bits per heavy atom. The number of rotatable bonds is 9. The number of ether oxygens (including phenoxy) is 3. The van der Waals surface area contributed by atoms with Crippen LogP contribution >= 0.6 is 0 Å². The molecule has 2 saturated carbocycles. The summed E-state index contributed by atoms with van der Waals surface area (Å²) in [5.41, 5.74) is -2.84. The van der Waals surface area contributed by atoms with Crippen LogP contribution in [0.15, 0.2) is 34.6 Å². The molecule has 2 fully saturated rings. The lowest BCUT2D eigenvalue weighted by molar-refractivity contribution is -0.151. The molecule has 0 saturated heterocycles. The number of aliphatic hydroxyl groups excluding tert-OH is 1. The Hall–Kier alpha value is -5.34. The normalized spacial score (nSPS) is 16.2. The number of Topliss-reactive ketones (excluding diaryl/α,β-unsaturated/α-hetero) is 2. The minimum absolute atomic E-state index is 0.0351. The third kappa shape index (κ3) is 9.36. The van der Waals surface area contributed by atoms with Gasteiger partial charge < -0.3 is 24.4 Å². The number of esters is 1. The van der Waals surface area contributed by atoms with Crippen molar-refractivity contribution >= 4 is 45.5 Å². The maximum atomic E-state index is 12.8. The number of aromatic nitrogens is 3. The highest BCUT2D eigenvalue weighted by Gasteiger charge is 2.40. The predicted molar refractivity (Wildman–Crippen MR) is 152 cm³/mol. The molecule has 2 aliphatic rings. The number of carboxylic acids is 1. The van der Waals surface area contributed by atoms with Crippen LogP contribution in [0.2, 0.25) is 0 Å². The van der Waals surface area contributed by atoms with E-state index in [9.17, 15) is 50.7 Å². The number of allylic oxidation sites excluding steroid dienone is 2. The highest BCUT2D eigenvalue weighted by Crippen LogP contribution is 2.39. The SMILES string of the molecule is CCOC(=O)C1CC(=O)C(=C(O)C2CC2)C(=O)C1.COc1cc(OC)nc(NC(=O)NS(=O)(=O)c2nc(C(F)(F)F)ccc2C(=O)O)n1. The number of urea groups is 1. The molecule has 17 nitrogen and oxygen atoms in total. The number of nitrogens with one attached hydrogen (secondary N) is 2. The van der Waals surface area contributed by atoms with Crippen molar-refractivity contribution in [3.05, 3.63) is 40.8 Å². The van der Waals surface area contributed by atoms with Crippen molar-refractivity contribution in [2.75, 3.05) is 26.1 Å². The molecule has 21 heteroatoms. The molecule has 0 atom stereocenters. The van der Waals surface area contributed by atoms with E-state index in [4.69, 9.17) is 19.3 Å². The number of amides is 2. The van der Waals surface area contributed by atoms with Crippen LogP contribution in [-0.4, -0.2) is 83.9 Å². The van der Waals surface area contributed by atoms with Gasteiger partial charge in [0, 0.05) is 18.8 Å². The van der Waals surface area contributed by atoms with Gasteiger partial charge in [-0.15, -0.1) is 0 Å². The first-order valence-electron chi connectivity index (χ1n) is 13.7. The Kier molecular flexibility index (Phi) is 11.6. The minimum Gasteiger partial charge on any atom is -0.511 e. The lowest BCUT2D eigenvalue weighted by Crippen LogP contribution is -2.36. The lowest BCUT2D eigenvalue weighted by Gasteiger charge is -2.21. The number of sulfonamides is 1. The second kappa shape index (κ2) is 15.0. The second-order valence-electron chi connectivity index (χ2n) is 9.93. The molecule has 0 aromatic carbocycles. The molecule has 2 aliphatic carbocycles. The number of carbonyl (C=O) groups is 5. The number of pyridine rings is 1. The molecular formula is C27H28F3N5O12S. The fourth-order valence-corrected chi connectivity index (χ4v) is 5.14. The molecule has 0 aliphatic heterocycles. The molecule has 0 unspecified atom stereocenters. The van der Waals surface area contributed by atoms with Crippen molar-refractivity contribution in [1.82, 2.24) is 19.7 Å². The summed E-state index contributed by atoms with van der Waals surface area (Å²) in [7, 11) is -2.66. The van der Waals surface area contributed by atoms with Crippen LogP contribution in [0.4, 0.5) is 23.9 Å². The van der Waals surface area contributed by atoms with Gasteiger partial charge in [-0.1, -0.05) is 0 Å². The molecule has 4 N–H and O–H groups in total. The highest BCUT2D eigenvalue weighted by atomic mass is 32.2. The molecule has 260 valence electrons. The smallest absolute Gasteiger partial charge is 0.433 e. The summed E-state index contributed by atoms with van der Waals surface area (Å²) in [4.78, 5) is 68.6. The van der Waals surface area contributed by atoms with Gasteiger partial charge >= 0.3 is 24.1 Å². The summed E-state index contributed by atoms with van der Waals surface area (Å²) in [6, 6.07) is 0.423. The molecule has 2 aromatic rings. The van der Waals surface area contributed by atoms with E-state index in [1.807, 2.05) is 5.32 Å². The fraction of sp³-hybridized carbons (Fsp3) is 0.407. The third-order valence-corrected chi connectivity index (χ3v) is 7.72. The Bertz CT molecular complexity index is 1720. The number of hydrogen-bond acceptors (Lipinski definition) is 14. The van der Waals surface area contributed by atoms with Crippen LogP contribution in [0, 0.1) is 11.8 Å². The van der Waals surface area contributed by atoms with E-state index in [-0.39, 0.29) is 48.5 Å². The summed E-state index contributed by atoms with van der Waals surface area (Å²) in [6.45, 7) is 1.91. The average molecular weight is 704 g/mol. The maximum Gasteiger partial charge on any atom is 0.433 e. The van der Waals surface area contributed by atoms with Crippen LogP contribution in [-0.2, 0) is 35.3 Å². The van der Waals surface area contributed by atoms with Crippen molar-refractivity contribution in [1.29, 1.82) is 0 Å². The van der Waals surface area contributed by atoms with Crippen LogP contribution in [0.5, 0.6) is 11.8 Å². The van der Waals surface area contributed by atoms with Crippen LogP contribution < -0.4 is 19.5 Å². The fourth-order valence-electron chi connectivity index (χ4n) is 4.09. The van der Waals surface area contributed by atoms with Gasteiger partial charge in [-0.05, 0) is 31.9 Å². The largest absolute Gasteiger partial charge is 0.511 e. The summed E-state index contributed by atoms with van der Waals surface area (Å²) < 4.78 is 79.0. The molecule has 2 heterocycles. The second-order valence-corrected chi connectivity index (χ2v) is 11.5. The Balaban J connectivity index is 0.000000294. The van der Waals surface area contributed by atoms with Gasteiger partial charge in [0.25, 0.3) is 10.0 Å². The number of nitrogens with zero attached hydrogens (tertiary/aromatic N) is 3. The van der Waals surface area contributed by atoms with Crippen molar-refractivity contribution in [2.45, 2.75) is 43.8 Å². The van der Waals surface area contributed by atoms with E-state index < -0.39 is 73.9 Å². The summed E-state index contributed by atoms with van der Waals surface area (Å²) in [5.74, 6) is -4.67. The first-order chi connectivity index (χ1) is 22.4.